The van der Waals surface area contributed by atoms with Gasteiger partial charge in [0.1, 0.15) is 5.60 Å². The van der Waals surface area contributed by atoms with E-state index in [0.717, 1.165) is 24.9 Å². The molecule has 0 aliphatic rings. The molecule has 1 aromatic carbocycles. The fourth-order valence-corrected chi connectivity index (χ4v) is 2.49. The van der Waals surface area contributed by atoms with Crippen LogP contribution in [0.15, 0.2) is 28.8 Å². The van der Waals surface area contributed by atoms with Crippen molar-refractivity contribution in [1.29, 1.82) is 0 Å². The molecule has 2 N–H and O–H groups in total. The fourth-order valence-electron chi connectivity index (χ4n) is 2.49. The second kappa shape index (κ2) is 6.72. The molecule has 0 aliphatic heterocycles. The SMILES string of the molecule is CCC(CC)(OC)c1noc(CCc2cccc(N)c2)n1. The summed E-state index contributed by atoms with van der Waals surface area (Å²) in [6.07, 6.45) is 3.15. The smallest absolute Gasteiger partial charge is 0.227 e. The molecule has 2 rings (SSSR count). The first-order valence-electron chi connectivity index (χ1n) is 7.36. The summed E-state index contributed by atoms with van der Waals surface area (Å²) in [6.45, 7) is 4.13. The van der Waals surface area contributed by atoms with E-state index in [2.05, 4.69) is 24.0 Å². The number of aryl methyl sites for hydroxylation is 2. The van der Waals surface area contributed by atoms with Crippen LogP contribution in [0.5, 0.6) is 0 Å². The number of nitrogen functional groups attached to an aromatic ring is 1. The average Bonchev–Trinajstić information content (AvgIpc) is 2.97. The van der Waals surface area contributed by atoms with Gasteiger partial charge in [0.15, 0.2) is 0 Å². The maximum absolute atomic E-state index is 5.77. The Balaban J connectivity index is 2.06. The second-order valence-electron chi connectivity index (χ2n) is 5.16. The predicted octanol–water partition coefficient (Wildman–Crippen LogP) is 3.10. The number of benzene rings is 1. The fraction of sp³-hybridized carbons (Fsp3) is 0.500. The molecule has 1 aromatic heterocycles. The third kappa shape index (κ3) is 3.42. The number of nitrogens with zero attached hydrogens (tertiary/aromatic N) is 2. The lowest BCUT2D eigenvalue weighted by molar-refractivity contribution is -0.0306. The highest BCUT2D eigenvalue weighted by molar-refractivity contribution is 5.40. The van der Waals surface area contributed by atoms with Crippen LogP contribution in [0.3, 0.4) is 0 Å². The van der Waals surface area contributed by atoms with Gasteiger partial charge in [0.25, 0.3) is 0 Å². The number of rotatable bonds is 7. The Morgan fingerprint density at radius 1 is 1.24 bits per heavy atom. The third-order valence-corrected chi connectivity index (χ3v) is 3.99. The van der Waals surface area contributed by atoms with Gasteiger partial charge in [-0.05, 0) is 37.0 Å². The Morgan fingerprint density at radius 3 is 2.62 bits per heavy atom. The number of nitrogens with two attached hydrogens (primary N) is 1. The maximum atomic E-state index is 5.77. The minimum Gasteiger partial charge on any atom is -0.399 e. The van der Waals surface area contributed by atoms with Crippen LogP contribution in [-0.2, 0) is 23.2 Å². The van der Waals surface area contributed by atoms with E-state index in [1.165, 1.54) is 5.56 Å². The normalized spacial score (nSPS) is 11.8. The Hall–Kier alpha value is -1.88. The Bertz CT molecular complexity index is 568. The van der Waals surface area contributed by atoms with Crippen molar-refractivity contribution >= 4 is 5.69 Å². The minimum atomic E-state index is -0.446. The van der Waals surface area contributed by atoms with Crippen LogP contribution >= 0.6 is 0 Å². The molecule has 1 heterocycles. The number of hydrogen-bond acceptors (Lipinski definition) is 5. The molecule has 5 heteroatoms. The lowest BCUT2D eigenvalue weighted by Gasteiger charge is -2.25. The summed E-state index contributed by atoms with van der Waals surface area (Å²) in [5, 5.41) is 4.10. The molecule has 0 radical (unpaired) electrons. The van der Waals surface area contributed by atoms with E-state index >= 15 is 0 Å². The quantitative estimate of drug-likeness (QED) is 0.793. The van der Waals surface area contributed by atoms with Crippen molar-refractivity contribution in [2.75, 3.05) is 12.8 Å². The first-order valence-corrected chi connectivity index (χ1v) is 7.36. The highest BCUT2D eigenvalue weighted by atomic mass is 16.5. The van der Waals surface area contributed by atoms with Gasteiger partial charge in [-0.25, -0.2) is 0 Å². The minimum absolute atomic E-state index is 0.446. The van der Waals surface area contributed by atoms with Crippen molar-refractivity contribution in [2.24, 2.45) is 0 Å². The summed E-state index contributed by atoms with van der Waals surface area (Å²) in [7, 11) is 1.69. The topological polar surface area (TPSA) is 74.2 Å². The summed E-state index contributed by atoms with van der Waals surface area (Å²) >= 11 is 0. The van der Waals surface area contributed by atoms with E-state index in [1.54, 1.807) is 7.11 Å². The van der Waals surface area contributed by atoms with E-state index < -0.39 is 5.60 Å². The number of hydrogen-bond donors (Lipinski definition) is 1. The summed E-state index contributed by atoms with van der Waals surface area (Å²) < 4.78 is 11.0. The highest BCUT2D eigenvalue weighted by Crippen LogP contribution is 2.30. The Kier molecular flexibility index (Phi) is 4.96. The van der Waals surface area contributed by atoms with Crippen LogP contribution in [0.2, 0.25) is 0 Å². The largest absolute Gasteiger partial charge is 0.399 e. The molecule has 0 atom stereocenters. The molecule has 0 unspecified atom stereocenters. The zero-order valence-electron chi connectivity index (χ0n) is 12.9. The first-order chi connectivity index (χ1) is 10.1. The van der Waals surface area contributed by atoms with Crippen molar-refractivity contribution < 1.29 is 9.26 Å². The summed E-state index contributed by atoms with van der Waals surface area (Å²) in [5.74, 6) is 1.27. The van der Waals surface area contributed by atoms with Crippen LogP contribution in [0.1, 0.15) is 44.0 Å². The van der Waals surface area contributed by atoms with E-state index in [4.69, 9.17) is 15.0 Å². The van der Waals surface area contributed by atoms with Crippen molar-refractivity contribution in [3.63, 3.8) is 0 Å². The van der Waals surface area contributed by atoms with Gasteiger partial charge in [-0.3, -0.25) is 0 Å². The van der Waals surface area contributed by atoms with E-state index in [-0.39, 0.29) is 0 Å². The van der Waals surface area contributed by atoms with Crippen LogP contribution in [0, 0.1) is 0 Å². The van der Waals surface area contributed by atoms with Gasteiger partial charge in [0.05, 0.1) is 0 Å². The van der Waals surface area contributed by atoms with Gasteiger partial charge in [-0.1, -0.05) is 31.1 Å². The molecule has 21 heavy (non-hydrogen) atoms. The van der Waals surface area contributed by atoms with E-state index in [9.17, 15) is 0 Å². The molecule has 0 saturated carbocycles. The second-order valence-corrected chi connectivity index (χ2v) is 5.16. The van der Waals surface area contributed by atoms with Crippen LogP contribution in [-0.4, -0.2) is 17.3 Å². The van der Waals surface area contributed by atoms with Gasteiger partial charge < -0.3 is 15.0 Å². The average molecular weight is 289 g/mol. The van der Waals surface area contributed by atoms with Gasteiger partial charge in [-0.15, -0.1) is 0 Å². The monoisotopic (exact) mass is 289 g/mol. The van der Waals surface area contributed by atoms with Crippen LogP contribution in [0.4, 0.5) is 5.69 Å². The molecule has 0 spiro atoms. The molecule has 0 saturated heterocycles. The summed E-state index contributed by atoms with van der Waals surface area (Å²) in [4.78, 5) is 4.50. The zero-order chi connectivity index (χ0) is 15.3. The third-order valence-electron chi connectivity index (χ3n) is 3.99. The van der Waals surface area contributed by atoms with Crippen molar-refractivity contribution in [2.45, 2.75) is 45.1 Å². The van der Waals surface area contributed by atoms with Crippen molar-refractivity contribution in [3.8, 4) is 0 Å². The number of anilines is 1. The Morgan fingerprint density at radius 2 is 2.00 bits per heavy atom. The molecule has 0 fully saturated rings. The Labute approximate surface area is 125 Å². The standard InChI is InChI=1S/C16H23N3O2/c1-4-16(5-2,20-3)15-18-14(21-19-15)10-9-12-7-6-8-13(17)11-12/h6-8,11H,4-5,9-10,17H2,1-3H3. The van der Waals surface area contributed by atoms with E-state index in [0.29, 0.717) is 18.1 Å². The van der Waals surface area contributed by atoms with Gasteiger partial charge in [0.2, 0.25) is 11.7 Å². The molecule has 0 aliphatic carbocycles. The molecular formula is C16H23N3O2. The molecule has 0 bridgehead atoms. The number of aromatic nitrogens is 2. The van der Waals surface area contributed by atoms with Gasteiger partial charge >= 0.3 is 0 Å². The van der Waals surface area contributed by atoms with Crippen molar-refractivity contribution in [3.05, 3.63) is 41.5 Å². The van der Waals surface area contributed by atoms with Crippen LogP contribution in [0.25, 0.3) is 0 Å². The molecule has 0 amide bonds. The lowest BCUT2D eigenvalue weighted by atomic mass is 9.96. The van der Waals surface area contributed by atoms with Crippen LogP contribution < -0.4 is 5.73 Å². The first kappa shape index (κ1) is 15.5. The summed E-state index contributed by atoms with van der Waals surface area (Å²) in [5.41, 5.74) is 7.27. The maximum Gasteiger partial charge on any atom is 0.227 e. The molecule has 114 valence electrons. The number of ether oxygens (including phenoxy) is 1. The lowest BCUT2D eigenvalue weighted by Crippen LogP contribution is -2.28. The van der Waals surface area contributed by atoms with Gasteiger partial charge in [-0.2, -0.15) is 4.98 Å². The molecular weight excluding hydrogens is 266 g/mol. The van der Waals surface area contributed by atoms with Gasteiger partial charge in [0, 0.05) is 19.2 Å². The molecule has 2 aromatic rings. The zero-order valence-corrected chi connectivity index (χ0v) is 12.9. The highest BCUT2D eigenvalue weighted by Gasteiger charge is 2.33. The van der Waals surface area contributed by atoms with Crippen molar-refractivity contribution in [1.82, 2.24) is 10.1 Å². The molecule has 5 nitrogen and oxygen atoms in total. The number of methoxy groups -OCH3 is 1. The predicted molar refractivity (Wildman–Crippen MR) is 81.8 cm³/mol. The summed E-state index contributed by atoms with van der Waals surface area (Å²) in [6, 6.07) is 7.84. The van der Waals surface area contributed by atoms with E-state index in [1.807, 2.05) is 24.3 Å².